The number of amides is 1. The first-order valence-electron chi connectivity index (χ1n) is 4.17. The molecular weight excluding hydrogens is 200 g/mol. The Bertz CT molecular complexity index is 403. The van der Waals surface area contributed by atoms with Crippen molar-refractivity contribution < 1.29 is 14.5 Å². The Kier molecular flexibility index (Phi) is 3.22. The Hall–Kier alpha value is -2.11. The van der Waals surface area contributed by atoms with E-state index in [4.69, 9.17) is 10.5 Å². The molecule has 6 nitrogen and oxygen atoms in total. The number of nitrogens with two attached hydrogens (primary N) is 1. The van der Waals surface area contributed by atoms with Gasteiger partial charge in [-0.05, 0) is 18.6 Å². The average molecular weight is 210 g/mol. The number of nitrogens with zero attached hydrogens (tertiary/aromatic N) is 1. The van der Waals surface area contributed by atoms with Crippen LogP contribution in [-0.2, 0) is 4.79 Å². The highest BCUT2D eigenvalue weighted by molar-refractivity contribution is 5.75. The fraction of sp³-hybridized carbons (Fsp3) is 0.222. The molecule has 0 saturated heterocycles. The van der Waals surface area contributed by atoms with E-state index in [1.54, 1.807) is 13.0 Å². The summed E-state index contributed by atoms with van der Waals surface area (Å²) in [7, 11) is 0. The molecule has 15 heavy (non-hydrogen) atoms. The number of nitro benzene ring substituents is 1. The fourth-order valence-corrected chi connectivity index (χ4v) is 1.01. The van der Waals surface area contributed by atoms with Crippen LogP contribution in [0.25, 0.3) is 0 Å². The van der Waals surface area contributed by atoms with Gasteiger partial charge in [-0.15, -0.1) is 0 Å². The normalized spacial score (nSPS) is 9.67. The van der Waals surface area contributed by atoms with Gasteiger partial charge in [0.25, 0.3) is 11.6 Å². The van der Waals surface area contributed by atoms with Crippen molar-refractivity contribution in [3.05, 3.63) is 33.9 Å². The van der Waals surface area contributed by atoms with Crippen molar-refractivity contribution in [2.24, 2.45) is 5.73 Å². The number of hydrogen-bond donors (Lipinski definition) is 1. The summed E-state index contributed by atoms with van der Waals surface area (Å²) >= 11 is 0. The smallest absolute Gasteiger partial charge is 0.273 e. The molecule has 80 valence electrons. The SMILES string of the molecule is Cc1ccc([N+](=O)[O-])cc1OCC(N)=O. The molecule has 0 unspecified atom stereocenters. The van der Waals surface area contributed by atoms with Crippen molar-refractivity contribution in [2.75, 3.05) is 6.61 Å². The van der Waals surface area contributed by atoms with E-state index in [2.05, 4.69) is 0 Å². The van der Waals surface area contributed by atoms with E-state index >= 15 is 0 Å². The zero-order valence-corrected chi connectivity index (χ0v) is 8.10. The first kappa shape index (κ1) is 11.0. The highest BCUT2D eigenvalue weighted by Crippen LogP contribution is 2.23. The maximum Gasteiger partial charge on any atom is 0.273 e. The minimum Gasteiger partial charge on any atom is -0.483 e. The highest BCUT2D eigenvalue weighted by Gasteiger charge is 2.09. The van der Waals surface area contributed by atoms with Crippen LogP contribution in [0.5, 0.6) is 5.75 Å². The number of benzene rings is 1. The predicted molar refractivity (Wildman–Crippen MR) is 52.5 cm³/mol. The lowest BCUT2D eigenvalue weighted by atomic mass is 10.2. The van der Waals surface area contributed by atoms with Crippen LogP contribution < -0.4 is 10.5 Å². The molecule has 6 heteroatoms. The summed E-state index contributed by atoms with van der Waals surface area (Å²) in [6.45, 7) is 1.43. The van der Waals surface area contributed by atoms with E-state index in [-0.39, 0.29) is 12.3 Å². The van der Waals surface area contributed by atoms with E-state index in [0.717, 1.165) is 0 Å². The van der Waals surface area contributed by atoms with Crippen molar-refractivity contribution in [3.8, 4) is 5.75 Å². The van der Waals surface area contributed by atoms with E-state index in [0.29, 0.717) is 11.3 Å². The predicted octanol–water partition coefficient (Wildman–Crippen LogP) is 0.767. The Balaban J connectivity index is 2.90. The molecule has 1 rings (SSSR count). The van der Waals surface area contributed by atoms with E-state index in [9.17, 15) is 14.9 Å². The van der Waals surface area contributed by atoms with Gasteiger partial charge in [0, 0.05) is 6.07 Å². The van der Waals surface area contributed by atoms with Crippen molar-refractivity contribution >= 4 is 11.6 Å². The molecule has 0 aromatic heterocycles. The second-order valence-electron chi connectivity index (χ2n) is 2.96. The van der Waals surface area contributed by atoms with Crippen molar-refractivity contribution in [1.29, 1.82) is 0 Å². The summed E-state index contributed by atoms with van der Waals surface area (Å²) < 4.78 is 5.01. The standard InChI is InChI=1S/C9H10N2O4/c1-6-2-3-7(11(13)14)4-8(6)15-5-9(10)12/h2-4H,5H2,1H3,(H2,10,12). The van der Waals surface area contributed by atoms with E-state index in [1.807, 2.05) is 0 Å². The zero-order valence-electron chi connectivity index (χ0n) is 8.10. The number of non-ortho nitro benzene ring substituents is 1. The lowest BCUT2D eigenvalue weighted by Crippen LogP contribution is -2.20. The molecule has 0 spiro atoms. The monoisotopic (exact) mass is 210 g/mol. The molecule has 0 radical (unpaired) electrons. The molecule has 1 aromatic carbocycles. The van der Waals surface area contributed by atoms with Gasteiger partial charge in [0.2, 0.25) is 0 Å². The Morgan fingerprint density at radius 2 is 2.27 bits per heavy atom. The van der Waals surface area contributed by atoms with Gasteiger partial charge in [-0.1, -0.05) is 0 Å². The molecule has 2 N–H and O–H groups in total. The second kappa shape index (κ2) is 4.41. The topological polar surface area (TPSA) is 95.5 Å². The van der Waals surface area contributed by atoms with Gasteiger partial charge in [-0.25, -0.2) is 0 Å². The lowest BCUT2D eigenvalue weighted by Gasteiger charge is -2.06. The third-order valence-electron chi connectivity index (χ3n) is 1.75. The summed E-state index contributed by atoms with van der Waals surface area (Å²) in [5.74, 6) is -0.330. The van der Waals surface area contributed by atoms with Gasteiger partial charge in [-0.2, -0.15) is 0 Å². The minimum atomic E-state index is -0.624. The molecule has 0 heterocycles. The number of nitro groups is 1. The Morgan fingerprint density at radius 3 is 2.80 bits per heavy atom. The van der Waals surface area contributed by atoms with Gasteiger partial charge in [0.05, 0.1) is 11.0 Å². The number of carbonyl (C=O) groups is 1. The fourth-order valence-electron chi connectivity index (χ4n) is 1.01. The number of aryl methyl sites for hydroxylation is 1. The van der Waals surface area contributed by atoms with Gasteiger partial charge >= 0.3 is 0 Å². The van der Waals surface area contributed by atoms with Crippen LogP contribution >= 0.6 is 0 Å². The molecule has 1 amide bonds. The number of carbonyl (C=O) groups excluding carboxylic acids is 1. The van der Waals surface area contributed by atoms with Crippen LogP contribution in [0.4, 0.5) is 5.69 Å². The molecule has 0 aliphatic heterocycles. The maximum absolute atomic E-state index is 10.5. The molecular formula is C9H10N2O4. The molecule has 0 bridgehead atoms. The van der Waals surface area contributed by atoms with Crippen LogP contribution in [0, 0.1) is 17.0 Å². The van der Waals surface area contributed by atoms with Crippen LogP contribution in [0.1, 0.15) is 5.56 Å². The van der Waals surface area contributed by atoms with Crippen LogP contribution in [0.2, 0.25) is 0 Å². The summed E-state index contributed by atoms with van der Waals surface area (Å²) in [4.78, 5) is 20.4. The first-order chi connectivity index (χ1) is 7.00. The van der Waals surface area contributed by atoms with Gasteiger partial charge in [0.1, 0.15) is 5.75 Å². The van der Waals surface area contributed by atoms with Crippen molar-refractivity contribution in [1.82, 2.24) is 0 Å². The second-order valence-corrected chi connectivity index (χ2v) is 2.96. The molecule has 1 aromatic rings. The Labute approximate surface area is 85.8 Å². The summed E-state index contributed by atoms with van der Waals surface area (Å²) in [5, 5.41) is 10.5. The minimum absolute atomic E-state index is 0.0833. The molecule has 0 fully saturated rings. The number of rotatable bonds is 4. The number of primary amides is 1. The lowest BCUT2D eigenvalue weighted by molar-refractivity contribution is -0.384. The van der Waals surface area contributed by atoms with Crippen molar-refractivity contribution in [3.63, 3.8) is 0 Å². The highest BCUT2D eigenvalue weighted by atomic mass is 16.6. The van der Waals surface area contributed by atoms with Crippen LogP contribution in [0.15, 0.2) is 18.2 Å². The molecule has 0 atom stereocenters. The Morgan fingerprint density at radius 1 is 1.60 bits per heavy atom. The first-order valence-corrected chi connectivity index (χ1v) is 4.17. The van der Waals surface area contributed by atoms with Crippen LogP contribution in [-0.4, -0.2) is 17.4 Å². The van der Waals surface area contributed by atoms with E-state index in [1.165, 1.54) is 12.1 Å². The van der Waals surface area contributed by atoms with Crippen molar-refractivity contribution in [2.45, 2.75) is 6.92 Å². The quantitative estimate of drug-likeness (QED) is 0.586. The summed E-state index contributed by atoms with van der Waals surface area (Å²) in [6.07, 6.45) is 0. The molecule has 0 aliphatic rings. The van der Waals surface area contributed by atoms with Gasteiger partial charge < -0.3 is 10.5 Å². The van der Waals surface area contributed by atoms with E-state index < -0.39 is 10.8 Å². The van der Waals surface area contributed by atoms with Gasteiger partial charge in [-0.3, -0.25) is 14.9 Å². The molecule has 0 saturated carbocycles. The van der Waals surface area contributed by atoms with Gasteiger partial charge in [0.15, 0.2) is 6.61 Å². The number of hydrogen-bond acceptors (Lipinski definition) is 4. The summed E-state index contributed by atoms with van der Waals surface area (Å²) in [5.41, 5.74) is 5.52. The maximum atomic E-state index is 10.5. The summed E-state index contributed by atoms with van der Waals surface area (Å²) in [6, 6.07) is 4.18. The third kappa shape index (κ3) is 2.94. The largest absolute Gasteiger partial charge is 0.483 e. The number of ether oxygens (including phenoxy) is 1. The third-order valence-corrected chi connectivity index (χ3v) is 1.75. The van der Waals surface area contributed by atoms with Crippen LogP contribution in [0.3, 0.4) is 0 Å². The molecule has 0 aliphatic carbocycles. The zero-order chi connectivity index (χ0) is 11.4. The average Bonchev–Trinajstić information content (AvgIpc) is 2.16.